The molecule has 0 spiro atoms. The molecule has 0 radical (unpaired) electrons. The van der Waals surface area contributed by atoms with Crippen molar-refractivity contribution in [3.05, 3.63) is 59.2 Å². The Kier molecular flexibility index (Phi) is 6.72. The van der Waals surface area contributed by atoms with Crippen LogP contribution in [0.5, 0.6) is 11.5 Å². The number of imide groups is 1. The zero-order valence-electron chi connectivity index (χ0n) is 17.1. The predicted molar refractivity (Wildman–Crippen MR) is 109 cm³/mol. The highest BCUT2D eigenvalue weighted by atomic mass is 16.5. The van der Waals surface area contributed by atoms with Crippen LogP contribution in [-0.2, 0) is 11.2 Å². The average molecular weight is 398 g/mol. The van der Waals surface area contributed by atoms with Crippen molar-refractivity contribution in [1.82, 2.24) is 10.6 Å². The highest BCUT2D eigenvalue weighted by Gasteiger charge is 2.35. The lowest BCUT2D eigenvalue weighted by molar-refractivity contribution is -0.920. The number of carbonyl (C=O) groups is 2. The summed E-state index contributed by atoms with van der Waals surface area (Å²) in [5.41, 5.74) is 3.41. The fourth-order valence-electron chi connectivity index (χ4n) is 3.91. The minimum atomic E-state index is -0.461. The van der Waals surface area contributed by atoms with Gasteiger partial charge in [-0.2, -0.15) is 0 Å². The summed E-state index contributed by atoms with van der Waals surface area (Å²) in [6.07, 6.45) is 0.808. The van der Waals surface area contributed by atoms with Gasteiger partial charge in [-0.05, 0) is 24.6 Å². The van der Waals surface area contributed by atoms with Crippen LogP contribution in [0.2, 0.25) is 0 Å². The molecule has 29 heavy (non-hydrogen) atoms. The first-order valence-corrected chi connectivity index (χ1v) is 9.79. The molecule has 1 aliphatic rings. The fourth-order valence-corrected chi connectivity index (χ4v) is 3.91. The maximum Gasteiger partial charge on any atom is 0.321 e. The van der Waals surface area contributed by atoms with E-state index in [4.69, 9.17) is 9.47 Å². The van der Waals surface area contributed by atoms with Gasteiger partial charge in [0.25, 0.3) is 5.91 Å². The first-order valence-electron chi connectivity index (χ1n) is 9.79. The van der Waals surface area contributed by atoms with Gasteiger partial charge in [-0.3, -0.25) is 10.1 Å². The lowest BCUT2D eigenvalue weighted by Crippen LogP contribution is -3.14. The lowest BCUT2D eigenvalue weighted by Gasteiger charge is -2.34. The van der Waals surface area contributed by atoms with Gasteiger partial charge in [-0.1, -0.05) is 30.3 Å². The Morgan fingerprint density at radius 2 is 1.79 bits per heavy atom. The van der Waals surface area contributed by atoms with Gasteiger partial charge in [0, 0.05) is 24.1 Å². The fraction of sp³-hybridized carbons (Fsp3) is 0.364. The third kappa shape index (κ3) is 4.68. The van der Waals surface area contributed by atoms with Gasteiger partial charge < -0.3 is 19.7 Å². The van der Waals surface area contributed by atoms with Crippen LogP contribution in [-0.4, -0.2) is 45.8 Å². The normalized spacial score (nSPS) is 17.8. The molecule has 0 saturated heterocycles. The minimum Gasteiger partial charge on any atom is -0.493 e. The van der Waals surface area contributed by atoms with Crippen LogP contribution < -0.4 is 25.0 Å². The molecular weight excluding hydrogens is 370 g/mol. The number of hydrogen-bond donors (Lipinski definition) is 3. The Labute approximate surface area is 171 Å². The molecule has 7 nitrogen and oxygen atoms in total. The van der Waals surface area contributed by atoms with Gasteiger partial charge in [0.1, 0.15) is 6.04 Å². The molecule has 2 atom stereocenters. The summed E-state index contributed by atoms with van der Waals surface area (Å²) in [7, 11) is 3.25. The highest BCUT2D eigenvalue weighted by molar-refractivity contribution is 5.94. The Morgan fingerprint density at radius 1 is 1.10 bits per heavy atom. The van der Waals surface area contributed by atoms with Crippen molar-refractivity contribution >= 4 is 11.9 Å². The van der Waals surface area contributed by atoms with Crippen molar-refractivity contribution in [1.29, 1.82) is 0 Å². The standard InChI is InChI=1S/C22H27N3O4/c1-4-23-22(27)24-20(26)14-25-11-10-16-12-18(28-2)19(29-3)13-17(16)21(25)15-8-6-5-7-9-15/h5-9,12-13,21H,4,10-11,14H2,1-3H3,(H2,23,24,26,27)/p+1/t21-/m0/s1. The van der Waals surface area contributed by atoms with Gasteiger partial charge in [0.15, 0.2) is 18.0 Å². The number of hydrogen-bond acceptors (Lipinski definition) is 4. The predicted octanol–water partition coefficient (Wildman–Crippen LogP) is 1.08. The van der Waals surface area contributed by atoms with Crippen molar-refractivity contribution in [3.63, 3.8) is 0 Å². The maximum atomic E-state index is 12.5. The first kappa shape index (κ1) is 20.7. The highest BCUT2D eigenvalue weighted by Crippen LogP contribution is 2.35. The Morgan fingerprint density at radius 3 is 2.45 bits per heavy atom. The summed E-state index contributed by atoms with van der Waals surface area (Å²) in [5, 5.41) is 5.00. The van der Waals surface area contributed by atoms with Gasteiger partial charge in [0.05, 0.1) is 20.8 Å². The van der Waals surface area contributed by atoms with Crippen LogP contribution in [0.1, 0.15) is 29.7 Å². The topological polar surface area (TPSA) is 81.1 Å². The van der Waals surface area contributed by atoms with E-state index in [0.717, 1.165) is 29.0 Å². The van der Waals surface area contributed by atoms with Crippen LogP contribution in [0.15, 0.2) is 42.5 Å². The number of quaternary nitrogens is 1. The van der Waals surface area contributed by atoms with E-state index in [1.807, 2.05) is 37.3 Å². The number of nitrogens with one attached hydrogen (secondary N) is 3. The number of fused-ring (bicyclic) bond motifs is 1. The molecule has 2 aromatic carbocycles. The molecule has 1 aliphatic heterocycles. The van der Waals surface area contributed by atoms with Crippen molar-refractivity contribution in [2.45, 2.75) is 19.4 Å². The Hall–Kier alpha value is -3.06. The van der Waals surface area contributed by atoms with Gasteiger partial charge in [-0.15, -0.1) is 0 Å². The van der Waals surface area contributed by atoms with Crippen LogP contribution in [0, 0.1) is 0 Å². The molecule has 2 aromatic rings. The lowest BCUT2D eigenvalue weighted by atomic mass is 9.87. The molecule has 1 heterocycles. The molecular formula is C22H28N3O4+. The third-order valence-corrected chi connectivity index (χ3v) is 5.19. The third-order valence-electron chi connectivity index (χ3n) is 5.19. The first-order chi connectivity index (χ1) is 14.1. The van der Waals surface area contributed by atoms with Crippen molar-refractivity contribution in [3.8, 4) is 11.5 Å². The number of rotatable bonds is 6. The molecule has 3 rings (SSSR count). The number of urea groups is 1. The summed E-state index contributed by atoms with van der Waals surface area (Å²) >= 11 is 0. The molecule has 3 amide bonds. The molecule has 0 aliphatic carbocycles. The summed E-state index contributed by atoms with van der Waals surface area (Å²) in [6, 6.07) is 13.6. The summed E-state index contributed by atoms with van der Waals surface area (Å²) in [4.78, 5) is 25.3. The van der Waals surface area contributed by atoms with Crippen LogP contribution in [0.25, 0.3) is 0 Å². The van der Waals surface area contributed by atoms with Gasteiger partial charge >= 0.3 is 6.03 Å². The molecule has 154 valence electrons. The Bertz CT molecular complexity index is 870. The smallest absolute Gasteiger partial charge is 0.321 e. The van der Waals surface area contributed by atoms with Crippen LogP contribution in [0.4, 0.5) is 4.79 Å². The zero-order chi connectivity index (χ0) is 20.8. The summed E-state index contributed by atoms with van der Waals surface area (Å²) in [6.45, 7) is 3.25. The van der Waals surface area contributed by atoms with Crippen molar-refractivity contribution < 1.29 is 24.0 Å². The van der Waals surface area contributed by atoms with Crippen LogP contribution in [0.3, 0.4) is 0 Å². The van der Waals surface area contributed by atoms with E-state index in [1.165, 1.54) is 5.56 Å². The van der Waals surface area contributed by atoms with Gasteiger partial charge in [-0.25, -0.2) is 4.79 Å². The van der Waals surface area contributed by atoms with E-state index in [0.29, 0.717) is 18.0 Å². The molecule has 3 N–H and O–H groups in total. The maximum absolute atomic E-state index is 12.5. The summed E-state index contributed by atoms with van der Waals surface area (Å²) < 4.78 is 11.0. The second-order valence-corrected chi connectivity index (χ2v) is 6.99. The second-order valence-electron chi connectivity index (χ2n) is 6.99. The Balaban J connectivity index is 1.94. The molecule has 0 bridgehead atoms. The van der Waals surface area contributed by atoms with Crippen LogP contribution >= 0.6 is 0 Å². The largest absolute Gasteiger partial charge is 0.493 e. The second kappa shape index (κ2) is 9.43. The van der Waals surface area contributed by atoms with Gasteiger partial charge in [0.2, 0.25) is 0 Å². The van der Waals surface area contributed by atoms with E-state index in [1.54, 1.807) is 14.2 Å². The quantitative estimate of drug-likeness (QED) is 0.680. The van der Waals surface area contributed by atoms with Crippen molar-refractivity contribution in [2.75, 3.05) is 33.9 Å². The number of ether oxygens (including phenoxy) is 2. The number of methoxy groups -OCH3 is 2. The SMILES string of the molecule is CCNC(=O)NC(=O)C[NH+]1CCc2cc(OC)c(OC)cc2[C@@H]1c1ccccc1. The number of carbonyl (C=O) groups excluding carboxylic acids is 2. The van der Waals surface area contributed by atoms with E-state index in [-0.39, 0.29) is 18.5 Å². The number of amides is 3. The summed E-state index contributed by atoms with van der Waals surface area (Å²) in [5.74, 6) is 1.08. The number of benzene rings is 2. The molecule has 0 fully saturated rings. The molecule has 0 saturated carbocycles. The van der Waals surface area contributed by atoms with E-state index in [2.05, 4.69) is 22.8 Å². The van der Waals surface area contributed by atoms with E-state index < -0.39 is 6.03 Å². The monoisotopic (exact) mass is 398 g/mol. The minimum absolute atomic E-state index is 0.0419. The van der Waals surface area contributed by atoms with E-state index in [9.17, 15) is 9.59 Å². The molecule has 7 heteroatoms. The van der Waals surface area contributed by atoms with E-state index >= 15 is 0 Å². The van der Waals surface area contributed by atoms with Crippen molar-refractivity contribution in [2.24, 2.45) is 0 Å². The average Bonchev–Trinajstić information content (AvgIpc) is 2.73. The molecule has 1 unspecified atom stereocenters. The zero-order valence-corrected chi connectivity index (χ0v) is 17.1. The molecule has 0 aromatic heterocycles.